The van der Waals surface area contributed by atoms with Gasteiger partial charge in [0.1, 0.15) is 0 Å². The van der Waals surface area contributed by atoms with E-state index in [9.17, 15) is 5.11 Å². The Labute approximate surface area is 80.1 Å². The molecule has 0 aliphatic carbocycles. The Morgan fingerprint density at radius 1 is 1.31 bits per heavy atom. The lowest BCUT2D eigenvalue weighted by Gasteiger charge is -1.99. The molecule has 68 valence electrons. The standard InChI is InChI=1S/C10H10O2S/c1-6-2-7(5-11)3-8-4-9(12)13-10(6)8/h2-4,11-12H,5H2,1H3. The molecule has 0 fully saturated rings. The van der Waals surface area contributed by atoms with Gasteiger partial charge in [-0.3, -0.25) is 0 Å². The zero-order valence-corrected chi connectivity index (χ0v) is 8.06. The summed E-state index contributed by atoms with van der Waals surface area (Å²) in [4.78, 5) is 0. The molecule has 0 aliphatic heterocycles. The number of rotatable bonds is 1. The summed E-state index contributed by atoms with van der Waals surface area (Å²) in [6, 6.07) is 5.57. The van der Waals surface area contributed by atoms with E-state index in [1.807, 2.05) is 19.1 Å². The number of benzene rings is 1. The number of aromatic hydroxyl groups is 1. The van der Waals surface area contributed by atoms with Gasteiger partial charge in [-0.15, -0.1) is 0 Å². The quantitative estimate of drug-likeness (QED) is 0.731. The van der Waals surface area contributed by atoms with Crippen LogP contribution in [0.1, 0.15) is 11.1 Å². The summed E-state index contributed by atoms with van der Waals surface area (Å²) >= 11 is 1.37. The summed E-state index contributed by atoms with van der Waals surface area (Å²) in [5.74, 6) is 0. The van der Waals surface area contributed by atoms with Crippen molar-refractivity contribution in [1.29, 1.82) is 0 Å². The Kier molecular flexibility index (Phi) is 1.98. The fourth-order valence-electron chi connectivity index (χ4n) is 1.48. The van der Waals surface area contributed by atoms with Crippen LogP contribution in [-0.4, -0.2) is 10.2 Å². The molecule has 1 aromatic heterocycles. The second kappa shape index (κ2) is 3.01. The molecule has 0 bridgehead atoms. The van der Waals surface area contributed by atoms with Crippen molar-refractivity contribution in [2.45, 2.75) is 13.5 Å². The number of hydrogen-bond donors (Lipinski definition) is 2. The monoisotopic (exact) mass is 194 g/mol. The van der Waals surface area contributed by atoms with Crippen LogP contribution >= 0.6 is 11.3 Å². The molecule has 0 spiro atoms. The zero-order valence-electron chi connectivity index (χ0n) is 7.24. The number of aliphatic hydroxyl groups excluding tert-OH is 1. The van der Waals surface area contributed by atoms with Gasteiger partial charge in [0.25, 0.3) is 0 Å². The Morgan fingerprint density at radius 2 is 2.08 bits per heavy atom. The Hall–Kier alpha value is -1.06. The lowest BCUT2D eigenvalue weighted by atomic mass is 10.1. The van der Waals surface area contributed by atoms with Gasteiger partial charge in [-0.25, -0.2) is 0 Å². The van der Waals surface area contributed by atoms with E-state index in [4.69, 9.17) is 5.11 Å². The van der Waals surface area contributed by atoms with Crippen molar-refractivity contribution in [2.75, 3.05) is 0 Å². The third kappa shape index (κ3) is 1.41. The van der Waals surface area contributed by atoms with Crippen LogP contribution in [0.4, 0.5) is 0 Å². The fraction of sp³-hybridized carbons (Fsp3) is 0.200. The van der Waals surface area contributed by atoms with Gasteiger partial charge >= 0.3 is 0 Å². The molecule has 0 atom stereocenters. The van der Waals surface area contributed by atoms with Crippen LogP contribution in [0.3, 0.4) is 0 Å². The smallest absolute Gasteiger partial charge is 0.172 e. The molecule has 3 heteroatoms. The third-order valence-corrected chi connectivity index (χ3v) is 3.12. The Morgan fingerprint density at radius 3 is 2.77 bits per heavy atom. The minimum atomic E-state index is 0.0490. The molecule has 2 nitrogen and oxygen atoms in total. The average molecular weight is 194 g/mol. The normalized spacial score (nSPS) is 10.9. The number of thiophene rings is 1. The highest BCUT2D eigenvalue weighted by Gasteiger charge is 2.04. The second-order valence-corrected chi connectivity index (χ2v) is 4.10. The molecule has 0 saturated carbocycles. The van der Waals surface area contributed by atoms with E-state index in [1.165, 1.54) is 11.3 Å². The van der Waals surface area contributed by atoms with E-state index < -0.39 is 0 Å². The van der Waals surface area contributed by atoms with Gasteiger partial charge in [0, 0.05) is 4.70 Å². The highest BCUT2D eigenvalue weighted by atomic mass is 32.1. The molecule has 1 aromatic carbocycles. The maximum Gasteiger partial charge on any atom is 0.172 e. The predicted octanol–water partition coefficient (Wildman–Crippen LogP) is 2.41. The first-order valence-electron chi connectivity index (χ1n) is 4.03. The lowest BCUT2D eigenvalue weighted by molar-refractivity contribution is 0.282. The van der Waals surface area contributed by atoms with Crippen LogP contribution in [0.2, 0.25) is 0 Å². The first kappa shape index (κ1) is 8.53. The van der Waals surface area contributed by atoms with Crippen LogP contribution in [0.25, 0.3) is 10.1 Å². The third-order valence-electron chi connectivity index (χ3n) is 2.03. The first-order valence-corrected chi connectivity index (χ1v) is 4.85. The minimum absolute atomic E-state index is 0.0490. The van der Waals surface area contributed by atoms with Crippen molar-refractivity contribution in [2.24, 2.45) is 0 Å². The number of hydrogen-bond acceptors (Lipinski definition) is 3. The molecule has 0 unspecified atom stereocenters. The maximum atomic E-state index is 9.30. The molecule has 0 radical (unpaired) electrons. The SMILES string of the molecule is Cc1cc(CO)cc2cc(O)sc12. The molecule has 2 rings (SSSR count). The highest BCUT2D eigenvalue weighted by Crippen LogP contribution is 2.33. The van der Waals surface area contributed by atoms with Crippen molar-refractivity contribution in [3.63, 3.8) is 0 Å². The fourth-order valence-corrected chi connectivity index (χ4v) is 2.33. The molecule has 2 aromatic rings. The van der Waals surface area contributed by atoms with Crippen LogP contribution in [0.5, 0.6) is 5.06 Å². The van der Waals surface area contributed by atoms with Gasteiger partial charge in [-0.2, -0.15) is 0 Å². The topological polar surface area (TPSA) is 40.5 Å². The molecular formula is C10H10O2S. The molecule has 0 saturated heterocycles. The highest BCUT2D eigenvalue weighted by molar-refractivity contribution is 7.20. The minimum Gasteiger partial charge on any atom is -0.499 e. The summed E-state index contributed by atoms with van der Waals surface area (Å²) in [7, 11) is 0. The second-order valence-electron chi connectivity index (χ2n) is 3.07. The summed E-state index contributed by atoms with van der Waals surface area (Å²) < 4.78 is 1.09. The largest absolute Gasteiger partial charge is 0.499 e. The predicted molar refractivity (Wildman–Crippen MR) is 54.1 cm³/mol. The summed E-state index contributed by atoms with van der Waals surface area (Å²) in [6.07, 6.45) is 0. The average Bonchev–Trinajstić information content (AvgIpc) is 2.46. The van der Waals surface area contributed by atoms with E-state index in [0.717, 1.165) is 21.2 Å². The Bertz CT molecular complexity index is 445. The van der Waals surface area contributed by atoms with Crippen molar-refractivity contribution < 1.29 is 10.2 Å². The van der Waals surface area contributed by atoms with Crippen LogP contribution in [0.15, 0.2) is 18.2 Å². The van der Waals surface area contributed by atoms with E-state index in [1.54, 1.807) is 6.07 Å². The van der Waals surface area contributed by atoms with Gasteiger partial charge in [0.15, 0.2) is 5.06 Å². The molecule has 1 heterocycles. The number of fused-ring (bicyclic) bond motifs is 1. The van der Waals surface area contributed by atoms with Crippen molar-refractivity contribution in [1.82, 2.24) is 0 Å². The molecule has 13 heavy (non-hydrogen) atoms. The van der Waals surface area contributed by atoms with Gasteiger partial charge in [0.2, 0.25) is 0 Å². The van der Waals surface area contributed by atoms with Gasteiger partial charge in [-0.1, -0.05) is 17.4 Å². The zero-order chi connectivity index (χ0) is 9.42. The molecule has 0 amide bonds. The van der Waals surface area contributed by atoms with E-state index in [-0.39, 0.29) is 6.61 Å². The van der Waals surface area contributed by atoms with E-state index in [2.05, 4.69) is 0 Å². The maximum absolute atomic E-state index is 9.30. The van der Waals surface area contributed by atoms with Gasteiger partial charge < -0.3 is 10.2 Å². The molecular weight excluding hydrogens is 184 g/mol. The van der Waals surface area contributed by atoms with E-state index in [0.29, 0.717) is 5.06 Å². The molecule has 0 aliphatic rings. The van der Waals surface area contributed by atoms with Crippen molar-refractivity contribution in [3.05, 3.63) is 29.3 Å². The summed E-state index contributed by atoms with van der Waals surface area (Å²) in [6.45, 7) is 2.03. The van der Waals surface area contributed by atoms with Crippen molar-refractivity contribution >= 4 is 21.4 Å². The first-order chi connectivity index (χ1) is 6.20. The van der Waals surface area contributed by atoms with Gasteiger partial charge in [0.05, 0.1) is 6.61 Å². The van der Waals surface area contributed by atoms with E-state index >= 15 is 0 Å². The van der Waals surface area contributed by atoms with Crippen molar-refractivity contribution in [3.8, 4) is 5.06 Å². The number of aliphatic hydroxyl groups is 1. The summed E-state index contributed by atoms with van der Waals surface area (Å²) in [5, 5.41) is 19.6. The van der Waals surface area contributed by atoms with Crippen LogP contribution in [0, 0.1) is 6.92 Å². The van der Waals surface area contributed by atoms with Crippen LogP contribution < -0.4 is 0 Å². The lowest BCUT2D eigenvalue weighted by Crippen LogP contribution is -1.83. The Balaban J connectivity index is 2.75. The van der Waals surface area contributed by atoms with Gasteiger partial charge in [-0.05, 0) is 35.6 Å². The summed E-state index contributed by atoms with van der Waals surface area (Å²) in [5.41, 5.74) is 2.00. The number of aryl methyl sites for hydroxylation is 1. The molecule has 2 N–H and O–H groups in total. The van der Waals surface area contributed by atoms with Crippen LogP contribution in [-0.2, 0) is 6.61 Å².